The van der Waals surface area contributed by atoms with Crippen LogP contribution in [-0.4, -0.2) is 30.3 Å². The summed E-state index contributed by atoms with van der Waals surface area (Å²) in [6, 6.07) is 3.49. The van der Waals surface area contributed by atoms with Gasteiger partial charge >= 0.3 is 5.63 Å². The van der Waals surface area contributed by atoms with Crippen molar-refractivity contribution in [3.63, 3.8) is 0 Å². The van der Waals surface area contributed by atoms with Crippen molar-refractivity contribution in [2.24, 2.45) is 0 Å². The van der Waals surface area contributed by atoms with Crippen LogP contribution in [0.5, 0.6) is 11.5 Å². The first-order chi connectivity index (χ1) is 12.4. The zero-order chi connectivity index (χ0) is 18.8. The number of nitrogens with zero attached hydrogens (tertiary/aromatic N) is 2. The van der Waals surface area contributed by atoms with Crippen molar-refractivity contribution in [2.45, 2.75) is 20.3 Å². The Hall–Kier alpha value is -2.94. The molecule has 0 fully saturated rings. The highest BCUT2D eigenvalue weighted by atomic mass is 32.1. The summed E-state index contributed by atoms with van der Waals surface area (Å²) >= 11 is 1.26. The summed E-state index contributed by atoms with van der Waals surface area (Å²) in [6.07, 6.45) is -0.128. The van der Waals surface area contributed by atoms with E-state index in [0.717, 1.165) is 5.01 Å². The number of amides is 1. The van der Waals surface area contributed by atoms with Crippen LogP contribution in [0.4, 0.5) is 5.13 Å². The molecule has 0 aliphatic rings. The number of benzene rings is 1. The fourth-order valence-electron chi connectivity index (χ4n) is 2.64. The molecule has 0 atom stereocenters. The molecule has 1 N–H and O–H groups in total. The molecule has 0 saturated carbocycles. The maximum absolute atomic E-state index is 12.4. The normalized spacial score (nSPS) is 10.8. The molecule has 0 aliphatic heterocycles. The number of rotatable bonds is 5. The molecule has 1 aromatic carbocycles. The molecule has 2 aromatic heterocycles. The number of carbonyl (C=O) groups excluding carboxylic acids is 1. The summed E-state index contributed by atoms with van der Waals surface area (Å²) in [5.74, 6) is 0.432. The van der Waals surface area contributed by atoms with E-state index in [-0.39, 0.29) is 17.9 Å². The second kappa shape index (κ2) is 7.12. The van der Waals surface area contributed by atoms with E-state index in [1.807, 2.05) is 0 Å². The molecular weight excluding hydrogens is 358 g/mol. The predicted molar refractivity (Wildman–Crippen MR) is 97.3 cm³/mol. The van der Waals surface area contributed by atoms with Gasteiger partial charge < -0.3 is 19.2 Å². The van der Waals surface area contributed by atoms with Crippen molar-refractivity contribution in [1.82, 2.24) is 10.2 Å². The smallest absolute Gasteiger partial charge is 0.340 e. The van der Waals surface area contributed by atoms with E-state index in [0.29, 0.717) is 33.2 Å². The van der Waals surface area contributed by atoms with E-state index in [1.165, 1.54) is 25.6 Å². The highest BCUT2D eigenvalue weighted by molar-refractivity contribution is 7.15. The second-order valence-corrected chi connectivity index (χ2v) is 6.70. The minimum atomic E-state index is -0.592. The van der Waals surface area contributed by atoms with Gasteiger partial charge in [-0.1, -0.05) is 11.3 Å². The van der Waals surface area contributed by atoms with E-state index >= 15 is 0 Å². The Labute approximate surface area is 152 Å². The summed E-state index contributed by atoms with van der Waals surface area (Å²) in [5, 5.41) is 12.1. The van der Waals surface area contributed by atoms with E-state index < -0.39 is 5.63 Å². The average molecular weight is 375 g/mol. The number of carbonyl (C=O) groups is 1. The molecule has 0 radical (unpaired) electrons. The topological polar surface area (TPSA) is 104 Å². The van der Waals surface area contributed by atoms with E-state index in [4.69, 9.17) is 13.9 Å². The van der Waals surface area contributed by atoms with E-state index in [2.05, 4.69) is 15.5 Å². The van der Waals surface area contributed by atoms with Crippen molar-refractivity contribution in [2.75, 3.05) is 19.5 Å². The lowest BCUT2D eigenvalue weighted by atomic mass is 10.0. The first-order valence-electron chi connectivity index (χ1n) is 7.71. The van der Waals surface area contributed by atoms with Gasteiger partial charge in [0, 0.05) is 5.39 Å². The van der Waals surface area contributed by atoms with Crippen LogP contribution in [0.25, 0.3) is 11.0 Å². The largest absolute Gasteiger partial charge is 0.493 e. The lowest BCUT2D eigenvalue weighted by molar-refractivity contribution is -0.115. The van der Waals surface area contributed by atoms with Crippen molar-refractivity contribution in [1.29, 1.82) is 0 Å². The molecule has 26 heavy (non-hydrogen) atoms. The number of methoxy groups -OCH3 is 2. The minimum absolute atomic E-state index is 0.128. The van der Waals surface area contributed by atoms with Gasteiger partial charge in [0.2, 0.25) is 16.8 Å². The highest BCUT2D eigenvalue weighted by Crippen LogP contribution is 2.36. The van der Waals surface area contributed by atoms with E-state index in [9.17, 15) is 9.59 Å². The number of ether oxygens (including phenoxy) is 2. The van der Waals surface area contributed by atoms with Crippen LogP contribution < -0.4 is 20.4 Å². The van der Waals surface area contributed by atoms with Crippen LogP contribution in [0.2, 0.25) is 0 Å². The molecule has 3 rings (SSSR count). The van der Waals surface area contributed by atoms with E-state index in [1.54, 1.807) is 26.0 Å². The van der Waals surface area contributed by atoms with Gasteiger partial charge in [0.15, 0.2) is 11.3 Å². The van der Waals surface area contributed by atoms with Gasteiger partial charge in [-0.15, -0.1) is 10.2 Å². The zero-order valence-electron chi connectivity index (χ0n) is 14.7. The number of anilines is 1. The SMILES string of the molecule is COc1ccc2c(C)c(CC(=O)Nc3nnc(C)s3)c(=O)oc2c1OC. The van der Waals surface area contributed by atoms with Gasteiger partial charge in [0.25, 0.3) is 0 Å². The Morgan fingerprint density at radius 3 is 2.62 bits per heavy atom. The molecule has 0 bridgehead atoms. The molecule has 8 nitrogen and oxygen atoms in total. The Balaban J connectivity index is 1.99. The van der Waals surface area contributed by atoms with Crippen LogP contribution in [0.15, 0.2) is 21.3 Å². The Bertz CT molecular complexity index is 1040. The van der Waals surface area contributed by atoms with Crippen molar-refractivity contribution >= 4 is 33.3 Å². The number of hydrogen-bond acceptors (Lipinski definition) is 8. The number of fused-ring (bicyclic) bond motifs is 1. The fourth-order valence-corrected chi connectivity index (χ4v) is 3.25. The maximum Gasteiger partial charge on any atom is 0.340 e. The summed E-state index contributed by atoms with van der Waals surface area (Å²) in [4.78, 5) is 24.7. The third-order valence-electron chi connectivity index (χ3n) is 3.91. The lowest BCUT2D eigenvalue weighted by Crippen LogP contribution is -2.20. The Morgan fingerprint density at radius 1 is 1.23 bits per heavy atom. The molecule has 0 spiro atoms. The van der Waals surface area contributed by atoms with Crippen molar-refractivity contribution < 1.29 is 18.7 Å². The zero-order valence-corrected chi connectivity index (χ0v) is 15.5. The Morgan fingerprint density at radius 2 is 2.00 bits per heavy atom. The molecule has 0 unspecified atom stereocenters. The molecule has 9 heteroatoms. The monoisotopic (exact) mass is 375 g/mol. The van der Waals surface area contributed by atoms with Gasteiger partial charge in [0.05, 0.1) is 26.2 Å². The van der Waals surface area contributed by atoms with Gasteiger partial charge in [-0.3, -0.25) is 4.79 Å². The van der Waals surface area contributed by atoms with Gasteiger partial charge in [-0.2, -0.15) is 0 Å². The van der Waals surface area contributed by atoms with Crippen LogP contribution in [0.3, 0.4) is 0 Å². The summed E-state index contributed by atoms with van der Waals surface area (Å²) in [5.41, 5.74) is 0.632. The van der Waals surface area contributed by atoms with Crippen LogP contribution in [0.1, 0.15) is 16.1 Å². The average Bonchev–Trinajstić information content (AvgIpc) is 3.02. The van der Waals surface area contributed by atoms with Crippen LogP contribution >= 0.6 is 11.3 Å². The third-order valence-corrected chi connectivity index (χ3v) is 4.66. The maximum atomic E-state index is 12.4. The second-order valence-electron chi connectivity index (χ2n) is 5.52. The minimum Gasteiger partial charge on any atom is -0.493 e. The molecule has 2 heterocycles. The number of aromatic nitrogens is 2. The first-order valence-corrected chi connectivity index (χ1v) is 8.53. The number of nitrogens with one attached hydrogen (secondary N) is 1. The van der Waals surface area contributed by atoms with Gasteiger partial charge in [0.1, 0.15) is 5.01 Å². The summed E-state index contributed by atoms with van der Waals surface area (Å²) in [7, 11) is 2.97. The lowest BCUT2D eigenvalue weighted by Gasteiger charge is -2.12. The van der Waals surface area contributed by atoms with Crippen molar-refractivity contribution in [3.05, 3.63) is 38.7 Å². The molecule has 136 valence electrons. The molecule has 1 amide bonds. The predicted octanol–water partition coefficient (Wildman–Crippen LogP) is 2.46. The third kappa shape index (κ3) is 3.25. The summed E-state index contributed by atoms with van der Waals surface area (Å²) in [6.45, 7) is 3.56. The quantitative estimate of drug-likeness (QED) is 0.683. The number of aryl methyl sites for hydroxylation is 2. The number of hydrogen-bond donors (Lipinski definition) is 1. The molecule has 0 aliphatic carbocycles. The highest BCUT2D eigenvalue weighted by Gasteiger charge is 2.19. The van der Waals surface area contributed by atoms with Gasteiger partial charge in [-0.05, 0) is 31.5 Å². The molecule has 3 aromatic rings. The van der Waals surface area contributed by atoms with Crippen LogP contribution in [-0.2, 0) is 11.2 Å². The van der Waals surface area contributed by atoms with Crippen molar-refractivity contribution in [3.8, 4) is 11.5 Å². The fraction of sp³-hybridized carbons (Fsp3) is 0.294. The first kappa shape index (κ1) is 17.9. The van der Waals surface area contributed by atoms with Gasteiger partial charge in [-0.25, -0.2) is 4.79 Å². The van der Waals surface area contributed by atoms with Crippen LogP contribution in [0, 0.1) is 13.8 Å². The molecule has 0 saturated heterocycles. The summed E-state index contributed by atoms with van der Waals surface area (Å²) < 4.78 is 16.0. The standard InChI is InChI=1S/C17H17N3O5S/c1-8-10-5-6-12(23-3)15(24-4)14(10)25-16(22)11(8)7-13(21)18-17-20-19-9(2)26-17/h5-6H,7H2,1-4H3,(H,18,20,21). The molecular formula is C17H17N3O5S. The Kier molecular flexibility index (Phi) is 4.90.